The number of amides is 1. The van der Waals surface area contributed by atoms with Crippen molar-refractivity contribution in [3.63, 3.8) is 0 Å². The van der Waals surface area contributed by atoms with Crippen LogP contribution in [-0.2, 0) is 24.8 Å². The smallest absolute Gasteiger partial charge is 0.261 e. The topological polar surface area (TPSA) is 122 Å². The van der Waals surface area contributed by atoms with Gasteiger partial charge in [-0.15, -0.1) is 0 Å². The van der Waals surface area contributed by atoms with Gasteiger partial charge in [-0.25, -0.2) is 21.2 Å². The van der Waals surface area contributed by atoms with Gasteiger partial charge in [0.1, 0.15) is 5.82 Å². The monoisotopic (exact) mass is 533 g/mol. The summed E-state index contributed by atoms with van der Waals surface area (Å²) in [5, 5.41) is 2.67. The second kappa shape index (κ2) is 10.3. The molecule has 1 aliphatic rings. The molecule has 0 radical (unpaired) electrons. The molecule has 1 amide bonds. The summed E-state index contributed by atoms with van der Waals surface area (Å²) in [7, 11) is -7.71. The van der Waals surface area contributed by atoms with Crippen molar-refractivity contribution in [2.75, 3.05) is 36.3 Å². The van der Waals surface area contributed by atoms with Crippen LogP contribution in [0.4, 0.5) is 15.8 Å². The van der Waals surface area contributed by atoms with Crippen molar-refractivity contribution in [3.8, 4) is 0 Å². The van der Waals surface area contributed by atoms with Crippen molar-refractivity contribution >= 4 is 37.3 Å². The van der Waals surface area contributed by atoms with Gasteiger partial charge in [-0.1, -0.05) is 6.07 Å². The third-order valence-corrected chi connectivity index (χ3v) is 8.87. The molecule has 0 atom stereocenters. The molecule has 36 heavy (non-hydrogen) atoms. The number of nitrogens with one attached hydrogen (secondary N) is 2. The highest BCUT2D eigenvalue weighted by molar-refractivity contribution is 7.92. The molecule has 1 fully saturated rings. The van der Waals surface area contributed by atoms with E-state index in [1.54, 1.807) is 13.0 Å². The molecule has 0 unspecified atom stereocenters. The summed E-state index contributed by atoms with van der Waals surface area (Å²) in [4.78, 5) is 12.9. The van der Waals surface area contributed by atoms with E-state index >= 15 is 0 Å². The summed E-state index contributed by atoms with van der Waals surface area (Å²) in [5.41, 5.74) is 1.29. The Kier molecular flexibility index (Phi) is 7.41. The van der Waals surface area contributed by atoms with Crippen molar-refractivity contribution in [3.05, 3.63) is 83.7 Å². The number of halogens is 1. The van der Waals surface area contributed by atoms with Crippen molar-refractivity contribution in [1.29, 1.82) is 0 Å². The lowest BCUT2D eigenvalue weighted by Gasteiger charge is -2.26. The van der Waals surface area contributed by atoms with Crippen LogP contribution in [0.25, 0.3) is 0 Å². The molecule has 4 rings (SSSR count). The molecule has 9 nitrogen and oxygen atoms in total. The van der Waals surface area contributed by atoms with Gasteiger partial charge >= 0.3 is 0 Å². The molecule has 3 aromatic rings. The van der Waals surface area contributed by atoms with E-state index in [1.807, 2.05) is 0 Å². The molecule has 1 heterocycles. The fourth-order valence-electron chi connectivity index (χ4n) is 3.59. The van der Waals surface area contributed by atoms with Gasteiger partial charge in [0.05, 0.1) is 23.0 Å². The van der Waals surface area contributed by atoms with Crippen molar-refractivity contribution in [2.45, 2.75) is 16.7 Å². The Morgan fingerprint density at radius 3 is 2.08 bits per heavy atom. The van der Waals surface area contributed by atoms with Crippen LogP contribution in [-0.4, -0.2) is 53.4 Å². The summed E-state index contributed by atoms with van der Waals surface area (Å²) >= 11 is 0. The molecule has 0 aromatic heterocycles. The Labute approximate surface area is 209 Å². The number of hydrogen-bond donors (Lipinski definition) is 2. The van der Waals surface area contributed by atoms with Gasteiger partial charge in [0.15, 0.2) is 0 Å². The molecule has 2 N–H and O–H groups in total. The zero-order valence-electron chi connectivity index (χ0n) is 19.3. The van der Waals surface area contributed by atoms with Crippen LogP contribution in [0.5, 0.6) is 0 Å². The number of nitrogens with zero attached hydrogens (tertiary/aromatic N) is 1. The first-order valence-corrected chi connectivity index (χ1v) is 13.9. The Balaban J connectivity index is 1.49. The Bertz CT molecular complexity index is 1470. The summed E-state index contributed by atoms with van der Waals surface area (Å²) in [5.74, 6) is -1.02. The van der Waals surface area contributed by atoms with Crippen LogP contribution in [0.2, 0.25) is 0 Å². The summed E-state index contributed by atoms with van der Waals surface area (Å²) < 4.78 is 73.1. The van der Waals surface area contributed by atoms with Gasteiger partial charge in [0.2, 0.25) is 10.0 Å². The average Bonchev–Trinajstić information content (AvgIpc) is 2.86. The number of carbonyl (C=O) groups is 1. The molecule has 0 spiro atoms. The van der Waals surface area contributed by atoms with Crippen LogP contribution in [0, 0.1) is 12.7 Å². The van der Waals surface area contributed by atoms with Crippen LogP contribution in [0.1, 0.15) is 15.9 Å². The lowest BCUT2D eigenvalue weighted by molar-refractivity contribution is 0.0730. The summed E-state index contributed by atoms with van der Waals surface area (Å²) in [6, 6.07) is 14.7. The number of benzene rings is 3. The molecule has 0 aliphatic carbocycles. The number of sulfonamides is 2. The highest BCUT2D eigenvalue weighted by Crippen LogP contribution is 2.23. The highest BCUT2D eigenvalue weighted by atomic mass is 32.2. The Morgan fingerprint density at radius 1 is 0.861 bits per heavy atom. The minimum Gasteiger partial charge on any atom is -0.379 e. The fraction of sp³-hybridized carbons (Fsp3) is 0.208. The standard InChI is InChI=1S/C24H24FN3O6S2/c1-17-2-9-22(36(32,33)28-12-14-34-15-13-28)16-23(17)24(29)26-19-7-10-21(11-8-19)35(30,31)27-20-5-3-18(25)4-6-20/h2-11,16,27H,12-15H2,1H3,(H,26,29). The van der Waals surface area contributed by atoms with Crippen LogP contribution < -0.4 is 10.0 Å². The predicted molar refractivity (Wildman–Crippen MR) is 132 cm³/mol. The summed E-state index contributed by atoms with van der Waals surface area (Å²) in [6.07, 6.45) is 0. The van der Waals surface area contributed by atoms with Crippen molar-refractivity contribution < 1.29 is 30.8 Å². The van der Waals surface area contributed by atoms with E-state index in [4.69, 9.17) is 4.74 Å². The van der Waals surface area contributed by atoms with Crippen LogP contribution in [0.15, 0.2) is 76.5 Å². The molecule has 0 bridgehead atoms. The second-order valence-corrected chi connectivity index (χ2v) is 11.7. The van der Waals surface area contributed by atoms with E-state index in [-0.39, 0.29) is 34.1 Å². The van der Waals surface area contributed by atoms with Crippen LogP contribution in [0.3, 0.4) is 0 Å². The first-order chi connectivity index (χ1) is 17.1. The normalized spacial score (nSPS) is 14.8. The minimum absolute atomic E-state index is 0.00783. The minimum atomic E-state index is -3.93. The van der Waals surface area contributed by atoms with E-state index in [0.717, 1.165) is 12.1 Å². The third-order valence-electron chi connectivity index (χ3n) is 5.58. The quantitative estimate of drug-likeness (QED) is 0.481. The molecule has 1 saturated heterocycles. The SMILES string of the molecule is Cc1ccc(S(=O)(=O)N2CCOCC2)cc1C(=O)Nc1ccc(S(=O)(=O)Nc2ccc(F)cc2)cc1. The van der Waals surface area contributed by atoms with E-state index in [1.165, 1.54) is 52.8 Å². The third kappa shape index (κ3) is 5.73. The molecule has 190 valence electrons. The molecular weight excluding hydrogens is 509 g/mol. The molecular formula is C24H24FN3O6S2. The number of ether oxygens (including phenoxy) is 1. The van der Waals surface area contributed by atoms with E-state index in [9.17, 15) is 26.0 Å². The fourth-order valence-corrected chi connectivity index (χ4v) is 6.08. The zero-order chi connectivity index (χ0) is 25.9. The summed E-state index contributed by atoms with van der Waals surface area (Å²) in [6.45, 7) is 2.79. The molecule has 1 aliphatic heterocycles. The van der Waals surface area contributed by atoms with E-state index in [2.05, 4.69) is 10.0 Å². The first kappa shape index (κ1) is 25.8. The average molecular weight is 534 g/mol. The van der Waals surface area contributed by atoms with Gasteiger partial charge in [0, 0.05) is 30.0 Å². The largest absolute Gasteiger partial charge is 0.379 e. The van der Waals surface area contributed by atoms with Gasteiger partial charge in [-0.2, -0.15) is 4.31 Å². The van der Waals surface area contributed by atoms with Gasteiger partial charge in [-0.05, 0) is 73.2 Å². The number of anilines is 2. The van der Waals surface area contributed by atoms with Gasteiger partial charge in [-0.3, -0.25) is 9.52 Å². The molecule has 0 saturated carbocycles. The lowest BCUT2D eigenvalue weighted by Crippen LogP contribution is -2.40. The zero-order valence-corrected chi connectivity index (χ0v) is 20.9. The first-order valence-electron chi connectivity index (χ1n) is 10.9. The van der Waals surface area contributed by atoms with Gasteiger partial charge < -0.3 is 10.1 Å². The maximum atomic E-state index is 13.1. The van der Waals surface area contributed by atoms with Crippen molar-refractivity contribution in [2.24, 2.45) is 0 Å². The molecule has 12 heteroatoms. The number of hydrogen-bond acceptors (Lipinski definition) is 6. The number of aryl methyl sites for hydroxylation is 1. The van der Waals surface area contributed by atoms with Crippen LogP contribution >= 0.6 is 0 Å². The second-order valence-electron chi connectivity index (χ2n) is 8.08. The van der Waals surface area contributed by atoms with E-state index in [0.29, 0.717) is 24.5 Å². The highest BCUT2D eigenvalue weighted by Gasteiger charge is 2.27. The maximum Gasteiger partial charge on any atom is 0.261 e. The van der Waals surface area contributed by atoms with Gasteiger partial charge in [0.25, 0.3) is 15.9 Å². The number of carbonyl (C=O) groups excluding carboxylic acids is 1. The van der Waals surface area contributed by atoms with E-state index < -0.39 is 31.8 Å². The number of rotatable bonds is 7. The Hall–Kier alpha value is -3.32. The predicted octanol–water partition coefficient (Wildman–Crippen LogP) is 3.21. The van der Waals surface area contributed by atoms with Crippen molar-refractivity contribution in [1.82, 2.24) is 4.31 Å². The lowest BCUT2D eigenvalue weighted by atomic mass is 10.1. The molecule has 3 aromatic carbocycles. The Morgan fingerprint density at radius 2 is 1.44 bits per heavy atom. The number of morpholine rings is 1. The maximum absolute atomic E-state index is 13.1.